The number of methoxy groups -OCH3 is 1. The third-order valence-electron chi connectivity index (χ3n) is 6.78. The molecule has 9 heteroatoms. The third-order valence-corrected chi connectivity index (χ3v) is 6.78. The van der Waals surface area contributed by atoms with E-state index in [1.54, 1.807) is 13.2 Å². The number of rotatable bonds is 6. The van der Waals surface area contributed by atoms with Crippen molar-refractivity contribution < 1.29 is 14.3 Å². The Kier molecular flexibility index (Phi) is 4.80. The summed E-state index contributed by atoms with van der Waals surface area (Å²) >= 11 is 0. The van der Waals surface area contributed by atoms with Crippen molar-refractivity contribution in [2.75, 3.05) is 25.6 Å². The van der Waals surface area contributed by atoms with Crippen LogP contribution in [0.2, 0.25) is 0 Å². The maximum atomic E-state index is 13.1. The van der Waals surface area contributed by atoms with Crippen molar-refractivity contribution in [1.82, 2.24) is 24.7 Å². The number of anilines is 1. The Morgan fingerprint density at radius 1 is 1.26 bits per heavy atom. The van der Waals surface area contributed by atoms with Crippen LogP contribution in [0.15, 0.2) is 48.9 Å². The van der Waals surface area contributed by atoms with Crippen LogP contribution >= 0.6 is 0 Å². The summed E-state index contributed by atoms with van der Waals surface area (Å²) in [5, 5.41) is 7.76. The standard InChI is InChI=1S/C25H24N6O3/c1-3-31-11-17(20(30-31)15-7-5-4-6-8-15)21-22-18(26-14-27-21)9-19(33-2)23(28-22)29-24(32)25-10-16(25)12-34-13-25/h4-9,11,14,16H,3,10,12-13H2,1-2H3,(H,28,29,32)/t16-,25-/m1/s1. The van der Waals surface area contributed by atoms with E-state index in [4.69, 9.17) is 19.6 Å². The lowest BCUT2D eigenvalue weighted by atomic mass is 10.0. The topological polar surface area (TPSA) is 104 Å². The number of nitrogens with one attached hydrogen (secondary N) is 1. The summed E-state index contributed by atoms with van der Waals surface area (Å²) in [6.07, 6.45) is 4.33. The van der Waals surface area contributed by atoms with Crippen LogP contribution < -0.4 is 10.1 Å². The van der Waals surface area contributed by atoms with E-state index < -0.39 is 5.41 Å². The molecule has 1 aromatic carbocycles. The van der Waals surface area contributed by atoms with Gasteiger partial charge in [0.05, 0.1) is 31.3 Å². The first kappa shape index (κ1) is 20.7. The molecule has 2 aliphatic rings. The van der Waals surface area contributed by atoms with E-state index in [1.165, 1.54) is 6.33 Å². The fourth-order valence-electron chi connectivity index (χ4n) is 4.71. The first-order valence-electron chi connectivity index (χ1n) is 11.3. The molecule has 1 saturated heterocycles. The second-order valence-electron chi connectivity index (χ2n) is 8.77. The zero-order valence-electron chi connectivity index (χ0n) is 19.0. The van der Waals surface area contributed by atoms with Gasteiger partial charge in [-0.3, -0.25) is 9.48 Å². The number of carbonyl (C=O) groups is 1. The molecular weight excluding hydrogens is 432 g/mol. The first-order valence-corrected chi connectivity index (χ1v) is 11.3. The molecule has 1 N–H and O–H groups in total. The molecule has 172 valence electrons. The van der Waals surface area contributed by atoms with Crippen molar-refractivity contribution in [2.45, 2.75) is 19.9 Å². The van der Waals surface area contributed by atoms with E-state index in [0.29, 0.717) is 41.5 Å². The predicted molar refractivity (Wildman–Crippen MR) is 126 cm³/mol. The van der Waals surface area contributed by atoms with Crippen molar-refractivity contribution in [3.05, 3.63) is 48.9 Å². The highest BCUT2D eigenvalue weighted by Crippen LogP contribution is 2.57. The molecule has 0 bridgehead atoms. The smallest absolute Gasteiger partial charge is 0.234 e. The molecule has 1 amide bonds. The SMILES string of the molecule is CCn1cc(-c2ncnc3cc(OC)c(NC(=O)[C@]45COC[C@H]4C5)nc23)c(-c2ccccc2)n1. The van der Waals surface area contributed by atoms with Gasteiger partial charge in [0.1, 0.15) is 23.2 Å². The van der Waals surface area contributed by atoms with Gasteiger partial charge in [-0.15, -0.1) is 0 Å². The zero-order chi connectivity index (χ0) is 23.3. The van der Waals surface area contributed by atoms with Crippen LogP contribution in [0.3, 0.4) is 0 Å². The van der Waals surface area contributed by atoms with E-state index in [-0.39, 0.29) is 11.8 Å². The lowest BCUT2D eigenvalue weighted by Crippen LogP contribution is -2.27. The van der Waals surface area contributed by atoms with E-state index in [2.05, 4.69) is 15.3 Å². The lowest BCUT2D eigenvalue weighted by Gasteiger charge is -2.15. The van der Waals surface area contributed by atoms with Gasteiger partial charge in [0, 0.05) is 35.9 Å². The summed E-state index contributed by atoms with van der Waals surface area (Å²) in [5.74, 6) is 1.01. The minimum absolute atomic E-state index is 0.0812. The highest BCUT2D eigenvalue weighted by Gasteiger charge is 2.63. The second kappa shape index (κ2) is 7.88. The molecule has 1 aliphatic heterocycles. The van der Waals surface area contributed by atoms with E-state index in [1.807, 2.05) is 48.1 Å². The van der Waals surface area contributed by atoms with E-state index >= 15 is 0 Å². The molecule has 0 unspecified atom stereocenters. The molecule has 0 spiro atoms. The normalized spacial score (nSPS) is 20.8. The number of ether oxygens (including phenoxy) is 2. The van der Waals surface area contributed by atoms with Crippen molar-refractivity contribution in [3.8, 4) is 28.3 Å². The molecular formula is C25H24N6O3. The van der Waals surface area contributed by atoms with Gasteiger partial charge in [0.15, 0.2) is 11.6 Å². The number of carbonyl (C=O) groups excluding carboxylic acids is 1. The highest BCUT2D eigenvalue weighted by molar-refractivity contribution is 6.01. The minimum atomic E-state index is -0.444. The van der Waals surface area contributed by atoms with Gasteiger partial charge in [-0.05, 0) is 13.3 Å². The fraction of sp³-hybridized carbons (Fsp3) is 0.320. The molecule has 1 aliphatic carbocycles. The number of benzene rings is 1. The van der Waals surface area contributed by atoms with Crippen molar-refractivity contribution >= 4 is 22.8 Å². The van der Waals surface area contributed by atoms with Gasteiger partial charge in [-0.2, -0.15) is 5.10 Å². The van der Waals surface area contributed by atoms with Crippen LogP contribution in [0.4, 0.5) is 5.82 Å². The van der Waals surface area contributed by atoms with Crippen molar-refractivity contribution in [3.63, 3.8) is 0 Å². The maximum absolute atomic E-state index is 13.1. The molecule has 9 nitrogen and oxygen atoms in total. The first-order chi connectivity index (χ1) is 16.6. The summed E-state index contributed by atoms with van der Waals surface area (Å²) in [7, 11) is 1.55. The lowest BCUT2D eigenvalue weighted by molar-refractivity contribution is -0.121. The molecule has 2 atom stereocenters. The minimum Gasteiger partial charge on any atom is -0.493 e. The summed E-state index contributed by atoms with van der Waals surface area (Å²) in [5.41, 5.74) is 4.04. The summed E-state index contributed by atoms with van der Waals surface area (Å²) < 4.78 is 12.9. The van der Waals surface area contributed by atoms with Gasteiger partial charge in [-0.25, -0.2) is 15.0 Å². The second-order valence-corrected chi connectivity index (χ2v) is 8.77. The van der Waals surface area contributed by atoms with Crippen LogP contribution in [0, 0.1) is 11.3 Å². The molecule has 1 saturated carbocycles. The van der Waals surface area contributed by atoms with E-state index in [9.17, 15) is 4.79 Å². The van der Waals surface area contributed by atoms with Gasteiger partial charge >= 0.3 is 0 Å². The average Bonchev–Trinajstić information content (AvgIpc) is 3.21. The Hall–Kier alpha value is -3.85. The predicted octanol–water partition coefficient (Wildman–Crippen LogP) is 3.56. The van der Waals surface area contributed by atoms with E-state index in [0.717, 1.165) is 29.8 Å². The Bertz CT molecular complexity index is 1400. The molecule has 3 aromatic heterocycles. The monoisotopic (exact) mass is 456 g/mol. The molecule has 2 fully saturated rings. The summed E-state index contributed by atoms with van der Waals surface area (Å²) in [6, 6.07) is 11.8. The molecule has 0 radical (unpaired) electrons. The Morgan fingerprint density at radius 2 is 2.12 bits per heavy atom. The van der Waals surface area contributed by atoms with Crippen LogP contribution in [0.1, 0.15) is 13.3 Å². The molecule has 6 rings (SSSR count). The number of hydrogen-bond donors (Lipinski definition) is 1. The third kappa shape index (κ3) is 3.23. The van der Waals surface area contributed by atoms with Crippen LogP contribution in [0.25, 0.3) is 33.5 Å². The number of hydrogen-bond acceptors (Lipinski definition) is 7. The molecule has 4 heterocycles. The Morgan fingerprint density at radius 3 is 2.82 bits per heavy atom. The number of nitrogens with zero attached hydrogens (tertiary/aromatic N) is 5. The number of aromatic nitrogens is 5. The number of fused-ring (bicyclic) bond motifs is 2. The zero-order valence-corrected chi connectivity index (χ0v) is 19.0. The van der Waals surface area contributed by atoms with Gasteiger partial charge in [0.25, 0.3) is 0 Å². The van der Waals surface area contributed by atoms with Crippen LogP contribution in [-0.4, -0.2) is 51.0 Å². The average molecular weight is 457 g/mol. The quantitative estimate of drug-likeness (QED) is 0.473. The largest absolute Gasteiger partial charge is 0.493 e. The fourth-order valence-corrected chi connectivity index (χ4v) is 4.71. The molecule has 4 aromatic rings. The van der Waals surface area contributed by atoms with Crippen LogP contribution in [0.5, 0.6) is 5.75 Å². The summed E-state index contributed by atoms with van der Waals surface area (Å²) in [4.78, 5) is 26.9. The number of aryl methyl sites for hydroxylation is 1. The number of amides is 1. The van der Waals surface area contributed by atoms with Crippen LogP contribution in [-0.2, 0) is 16.1 Å². The van der Waals surface area contributed by atoms with Crippen molar-refractivity contribution in [2.24, 2.45) is 11.3 Å². The van der Waals surface area contributed by atoms with Gasteiger partial charge in [0.2, 0.25) is 5.91 Å². The number of pyridine rings is 1. The van der Waals surface area contributed by atoms with Gasteiger partial charge < -0.3 is 14.8 Å². The summed E-state index contributed by atoms with van der Waals surface area (Å²) in [6.45, 7) is 3.84. The highest BCUT2D eigenvalue weighted by atomic mass is 16.5. The maximum Gasteiger partial charge on any atom is 0.234 e. The molecule has 34 heavy (non-hydrogen) atoms. The Balaban J connectivity index is 1.47. The Labute approximate surface area is 196 Å². The van der Waals surface area contributed by atoms with Gasteiger partial charge in [-0.1, -0.05) is 30.3 Å². The van der Waals surface area contributed by atoms with Crippen molar-refractivity contribution in [1.29, 1.82) is 0 Å².